The van der Waals surface area contributed by atoms with Gasteiger partial charge in [0.1, 0.15) is 0 Å². The molecule has 162 valence electrons. The van der Waals surface area contributed by atoms with Crippen LogP contribution in [-0.4, -0.2) is 0 Å². The third-order valence-corrected chi connectivity index (χ3v) is 5.62. The molecule has 1 nitrogen and oxygen atoms in total. The monoisotopic (exact) mass is 427 g/mol. The van der Waals surface area contributed by atoms with Crippen LogP contribution < -0.4 is 5.32 Å². The third-order valence-electron chi connectivity index (χ3n) is 5.62. The topological polar surface area (TPSA) is 12.0 Å². The lowest BCUT2D eigenvalue weighted by atomic mass is 9.95. The van der Waals surface area contributed by atoms with E-state index in [1.807, 2.05) is 18.2 Å². The van der Waals surface area contributed by atoms with E-state index in [1.165, 1.54) is 22.3 Å². The van der Waals surface area contributed by atoms with Gasteiger partial charge in [-0.25, -0.2) is 0 Å². The van der Waals surface area contributed by atoms with Crippen molar-refractivity contribution in [2.45, 2.75) is 13.8 Å². The molecule has 3 aromatic carbocycles. The number of hydrogen-bond acceptors (Lipinski definition) is 1. The first-order valence-corrected chi connectivity index (χ1v) is 11.2. The summed E-state index contributed by atoms with van der Waals surface area (Å²) in [5.41, 5.74) is 10.2. The smallest absolute Gasteiger partial charge is 0.0463 e. The quantitative estimate of drug-likeness (QED) is 0.438. The summed E-state index contributed by atoms with van der Waals surface area (Å²) in [5.74, 6) is 0. The van der Waals surface area contributed by atoms with Crippen LogP contribution in [0.3, 0.4) is 0 Å². The highest BCUT2D eigenvalue weighted by atomic mass is 14.9. The minimum Gasteiger partial charge on any atom is -0.355 e. The molecule has 1 N–H and O–H groups in total. The molecule has 0 atom stereocenters. The van der Waals surface area contributed by atoms with Crippen LogP contribution in [0, 0.1) is 0 Å². The average molecular weight is 428 g/mol. The largest absolute Gasteiger partial charge is 0.355 e. The van der Waals surface area contributed by atoms with Gasteiger partial charge >= 0.3 is 0 Å². The molecule has 0 fully saturated rings. The van der Waals surface area contributed by atoms with Crippen molar-refractivity contribution in [3.8, 4) is 11.1 Å². The first kappa shape index (κ1) is 22.1. The molecule has 0 radical (unpaired) electrons. The van der Waals surface area contributed by atoms with Crippen molar-refractivity contribution in [2.24, 2.45) is 0 Å². The van der Waals surface area contributed by atoms with Gasteiger partial charge < -0.3 is 5.32 Å². The highest BCUT2D eigenvalue weighted by molar-refractivity contribution is 5.85. The number of para-hydroxylation sites is 2. The second-order valence-corrected chi connectivity index (χ2v) is 8.22. The molecule has 0 spiro atoms. The Morgan fingerprint density at radius 1 is 0.697 bits per heavy atom. The summed E-state index contributed by atoms with van der Waals surface area (Å²) in [6.45, 7) is 8.48. The lowest BCUT2D eigenvalue weighted by Crippen LogP contribution is -1.93. The molecule has 4 rings (SSSR count). The second kappa shape index (κ2) is 10.5. The fourth-order valence-corrected chi connectivity index (χ4v) is 3.81. The molecule has 0 aromatic heterocycles. The summed E-state index contributed by atoms with van der Waals surface area (Å²) in [4.78, 5) is 0. The van der Waals surface area contributed by atoms with E-state index in [0.717, 1.165) is 28.1 Å². The lowest BCUT2D eigenvalue weighted by Gasteiger charge is -2.14. The Hall–Kier alpha value is -4.10. The van der Waals surface area contributed by atoms with Crippen LogP contribution in [0.15, 0.2) is 145 Å². The van der Waals surface area contributed by atoms with Crippen molar-refractivity contribution in [1.29, 1.82) is 0 Å². The van der Waals surface area contributed by atoms with E-state index in [2.05, 4.69) is 129 Å². The Kier molecular flexibility index (Phi) is 7.02. The van der Waals surface area contributed by atoms with Gasteiger partial charge in [-0.1, -0.05) is 109 Å². The fourth-order valence-electron chi connectivity index (χ4n) is 3.81. The number of anilines is 2. The molecule has 0 heterocycles. The number of rotatable bonds is 4. The van der Waals surface area contributed by atoms with Crippen LogP contribution in [0.4, 0.5) is 11.4 Å². The predicted octanol–water partition coefficient (Wildman–Crippen LogP) is 9.06. The number of nitrogens with one attached hydrogen (secondary N) is 1. The van der Waals surface area contributed by atoms with Crippen LogP contribution in [0.5, 0.6) is 0 Å². The van der Waals surface area contributed by atoms with E-state index in [-0.39, 0.29) is 0 Å². The zero-order chi connectivity index (χ0) is 23.0. The van der Waals surface area contributed by atoms with E-state index >= 15 is 0 Å². The van der Waals surface area contributed by atoms with Crippen LogP contribution in [0.1, 0.15) is 19.4 Å². The van der Waals surface area contributed by atoms with Crippen molar-refractivity contribution < 1.29 is 0 Å². The molecule has 1 aliphatic carbocycles. The average Bonchev–Trinajstić information content (AvgIpc) is 2.86. The first-order chi connectivity index (χ1) is 16.1. The molecule has 33 heavy (non-hydrogen) atoms. The minimum absolute atomic E-state index is 1.03. The van der Waals surface area contributed by atoms with Crippen LogP contribution >= 0.6 is 0 Å². The van der Waals surface area contributed by atoms with Gasteiger partial charge in [0.15, 0.2) is 0 Å². The van der Waals surface area contributed by atoms with Crippen LogP contribution in [0.2, 0.25) is 0 Å². The molecule has 0 aliphatic heterocycles. The molecule has 3 aromatic rings. The maximum absolute atomic E-state index is 4.26. The Bertz CT molecular complexity index is 1300. The van der Waals surface area contributed by atoms with Crippen molar-refractivity contribution in [1.82, 2.24) is 0 Å². The van der Waals surface area contributed by atoms with Gasteiger partial charge in [0.2, 0.25) is 0 Å². The number of allylic oxidation sites excluding steroid dienone is 11. The molecule has 1 heteroatoms. The molecule has 0 unspecified atom stereocenters. The van der Waals surface area contributed by atoms with Crippen molar-refractivity contribution in [2.75, 3.05) is 5.32 Å². The maximum atomic E-state index is 4.26. The minimum atomic E-state index is 1.03. The van der Waals surface area contributed by atoms with Gasteiger partial charge in [0, 0.05) is 16.9 Å². The Labute approximate surface area is 197 Å². The zero-order valence-corrected chi connectivity index (χ0v) is 19.3. The summed E-state index contributed by atoms with van der Waals surface area (Å²) in [6, 6.07) is 27.4. The Morgan fingerprint density at radius 2 is 1.45 bits per heavy atom. The zero-order valence-electron chi connectivity index (χ0n) is 19.3. The molecular weight excluding hydrogens is 398 g/mol. The second-order valence-electron chi connectivity index (χ2n) is 8.22. The molecule has 1 aliphatic rings. The van der Waals surface area contributed by atoms with Crippen molar-refractivity contribution in [3.05, 3.63) is 150 Å². The highest BCUT2D eigenvalue weighted by Crippen LogP contribution is 2.32. The molecule has 0 bridgehead atoms. The Balaban J connectivity index is 1.73. The molecule has 0 amide bonds. The fraction of sp³-hybridized carbons (Fsp3) is 0.0625. The molecular formula is C32H29N. The predicted molar refractivity (Wildman–Crippen MR) is 145 cm³/mol. The van der Waals surface area contributed by atoms with Gasteiger partial charge in [-0.2, -0.15) is 0 Å². The van der Waals surface area contributed by atoms with E-state index in [0.29, 0.717) is 0 Å². The summed E-state index contributed by atoms with van der Waals surface area (Å²) in [7, 11) is 0. The van der Waals surface area contributed by atoms with Crippen molar-refractivity contribution in [3.63, 3.8) is 0 Å². The molecule has 0 saturated carbocycles. The summed E-state index contributed by atoms with van der Waals surface area (Å²) >= 11 is 0. The normalized spacial score (nSPS) is 20.8. The van der Waals surface area contributed by atoms with Gasteiger partial charge in [-0.3, -0.25) is 0 Å². The standard InChI is InChI=1S/C32H29N/c1-24-13-6-4-7-14-27(22-26(3)25(2)21-24)28-15-12-16-29(23-28)31-19-10-11-20-32(31)33-30-17-8-5-9-18-30/h4-23,33H,2H2,1,3H3/b7-4-,13-6-,24-21-,26-22+,27-14+. The molecule has 0 saturated heterocycles. The van der Waals surface area contributed by atoms with Gasteiger partial charge in [-0.05, 0) is 66.0 Å². The summed E-state index contributed by atoms with van der Waals surface area (Å²) in [5, 5.41) is 3.56. The van der Waals surface area contributed by atoms with E-state index in [9.17, 15) is 0 Å². The van der Waals surface area contributed by atoms with E-state index < -0.39 is 0 Å². The first-order valence-electron chi connectivity index (χ1n) is 11.2. The SMILES string of the molecule is C=C1\C=C(C)/C=C\C=C/C=C(c2cccc(-c3ccccc3Nc3ccccc3)c2)\C=C\1C. The van der Waals surface area contributed by atoms with E-state index in [4.69, 9.17) is 0 Å². The number of benzene rings is 3. The van der Waals surface area contributed by atoms with Crippen LogP contribution in [-0.2, 0) is 0 Å². The number of hydrogen-bond donors (Lipinski definition) is 1. The Morgan fingerprint density at radius 3 is 2.30 bits per heavy atom. The maximum Gasteiger partial charge on any atom is 0.0463 e. The van der Waals surface area contributed by atoms with Gasteiger partial charge in [-0.15, -0.1) is 0 Å². The summed E-state index contributed by atoms with van der Waals surface area (Å²) < 4.78 is 0. The van der Waals surface area contributed by atoms with Crippen LogP contribution in [0.25, 0.3) is 16.7 Å². The van der Waals surface area contributed by atoms with Gasteiger partial charge in [0.25, 0.3) is 0 Å². The third kappa shape index (κ3) is 5.78. The highest BCUT2D eigenvalue weighted by Gasteiger charge is 2.08. The van der Waals surface area contributed by atoms with Gasteiger partial charge in [0.05, 0.1) is 0 Å². The van der Waals surface area contributed by atoms with E-state index in [1.54, 1.807) is 0 Å². The van der Waals surface area contributed by atoms with Crippen molar-refractivity contribution >= 4 is 16.9 Å². The summed E-state index contributed by atoms with van der Waals surface area (Å²) in [6.07, 6.45) is 14.8. The lowest BCUT2D eigenvalue weighted by molar-refractivity contribution is 1.40.